The summed E-state index contributed by atoms with van der Waals surface area (Å²) < 4.78 is 0. The highest BCUT2D eigenvalue weighted by molar-refractivity contribution is 7.99. The Morgan fingerprint density at radius 2 is 1.94 bits per heavy atom. The van der Waals surface area contributed by atoms with Crippen molar-refractivity contribution in [3.8, 4) is 0 Å². The molecule has 1 aromatic carbocycles. The summed E-state index contributed by atoms with van der Waals surface area (Å²) in [7, 11) is 0. The van der Waals surface area contributed by atoms with Crippen molar-refractivity contribution >= 4 is 11.8 Å². The van der Waals surface area contributed by atoms with E-state index in [9.17, 15) is 5.11 Å². The van der Waals surface area contributed by atoms with E-state index in [1.54, 1.807) is 0 Å². The van der Waals surface area contributed by atoms with Crippen molar-refractivity contribution in [2.45, 2.75) is 44.0 Å². The van der Waals surface area contributed by atoms with E-state index >= 15 is 0 Å². The fourth-order valence-corrected chi connectivity index (χ4v) is 2.80. The second-order valence-corrected chi connectivity index (χ2v) is 6.23. The summed E-state index contributed by atoms with van der Waals surface area (Å²) >= 11 is 1.85. The molecule has 2 N–H and O–H groups in total. The zero-order chi connectivity index (χ0) is 13.4. The Hall–Kier alpha value is -0.510. The largest absolute Gasteiger partial charge is 0.394 e. The third kappa shape index (κ3) is 5.42. The van der Waals surface area contributed by atoms with Crippen molar-refractivity contribution in [3.05, 3.63) is 29.8 Å². The molecule has 102 valence electrons. The second-order valence-electron chi connectivity index (χ2n) is 5.06. The van der Waals surface area contributed by atoms with E-state index in [0.717, 1.165) is 25.1 Å². The average Bonchev–Trinajstić information content (AvgIpc) is 2.39. The molecule has 1 atom stereocenters. The van der Waals surface area contributed by atoms with Crippen LogP contribution in [0, 0.1) is 6.92 Å². The third-order valence-corrected chi connectivity index (χ3v) is 4.11. The Bertz CT molecular complexity index is 339. The standard InChI is InChI=1S/C15H25NOS/c1-4-10-16-15(3,12-17)9-11-18-14-7-5-13(2)6-8-14/h5-8,16-17H,4,9-12H2,1-3H3. The molecule has 0 saturated heterocycles. The number of thioether (sulfide) groups is 1. The van der Waals surface area contributed by atoms with Crippen molar-refractivity contribution in [1.29, 1.82) is 0 Å². The number of hydrogen-bond acceptors (Lipinski definition) is 3. The van der Waals surface area contributed by atoms with E-state index < -0.39 is 0 Å². The number of benzene rings is 1. The van der Waals surface area contributed by atoms with Crippen molar-refractivity contribution in [1.82, 2.24) is 5.32 Å². The summed E-state index contributed by atoms with van der Waals surface area (Å²) in [6.45, 7) is 7.50. The zero-order valence-electron chi connectivity index (χ0n) is 11.7. The number of aryl methyl sites for hydroxylation is 1. The van der Waals surface area contributed by atoms with Gasteiger partial charge < -0.3 is 10.4 Å². The highest BCUT2D eigenvalue weighted by atomic mass is 32.2. The van der Waals surface area contributed by atoms with Crippen molar-refractivity contribution in [2.75, 3.05) is 18.9 Å². The molecule has 2 nitrogen and oxygen atoms in total. The lowest BCUT2D eigenvalue weighted by atomic mass is 10.0. The SMILES string of the molecule is CCCNC(C)(CO)CCSc1ccc(C)cc1. The van der Waals surface area contributed by atoms with Crippen LogP contribution in [0.25, 0.3) is 0 Å². The summed E-state index contributed by atoms with van der Waals surface area (Å²) in [5.41, 5.74) is 1.15. The van der Waals surface area contributed by atoms with E-state index in [4.69, 9.17) is 0 Å². The van der Waals surface area contributed by atoms with Gasteiger partial charge in [0.05, 0.1) is 6.61 Å². The molecule has 0 aliphatic carbocycles. The minimum absolute atomic E-state index is 0.145. The van der Waals surface area contributed by atoms with Gasteiger partial charge >= 0.3 is 0 Å². The van der Waals surface area contributed by atoms with Gasteiger partial charge in [-0.25, -0.2) is 0 Å². The maximum atomic E-state index is 9.47. The first kappa shape index (κ1) is 15.5. The van der Waals surface area contributed by atoms with Crippen LogP contribution in [0.15, 0.2) is 29.2 Å². The van der Waals surface area contributed by atoms with Gasteiger partial charge in [0.2, 0.25) is 0 Å². The topological polar surface area (TPSA) is 32.3 Å². The van der Waals surface area contributed by atoms with Crippen LogP contribution in [0.1, 0.15) is 32.3 Å². The molecule has 0 aliphatic rings. The molecule has 0 saturated carbocycles. The Morgan fingerprint density at radius 3 is 2.50 bits per heavy atom. The molecule has 0 aromatic heterocycles. The Balaban J connectivity index is 2.36. The van der Waals surface area contributed by atoms with E-state index in [0.29, 0.717) is 0 Å². The quantitative estimate of drug-likeness (QED) is 0.709. The average molecular weight is 267 g/mol. The van der Waals surface area contributed by atoms with Gasteiger partial charge in [-0.3, -0.25) is 0 Å². The van der Waals surface area contributed by atoms with Crippen molar-refractivity contribution < 1.29 is 5.11 Å². The summed E-state index contributed by atoms with van der Waals surface area (Å²) in [5.74, 6) is 1.02. The third-order valence-electron chi connectivity index (χ3n) is 3.09. The number of aliphatic hydroxyl groups excluding tert-OH is 1. The summed E-state index contributed by atoms with van der Waals surface area (Å²) in [6.07, 6.45) is 2.07. The number of aliphatic hydroxyl groups is 1. The van der Waals surface area contributed by atoms with Gasteiger partial charge in [0.25, 0.3) is 0 Å². The summed E-state index contributed by atoms with van der Waals surface area (Å²) in [4.78, 5) is 1.30. The lowest BCUT2D eigenvalue weighted by Gasteiger charge is -2.28. The molecular weight excluding hydrogens is 242 g/mol. The molecule has 0 heterocycles. The van der Waals surface area contributed by atoms with Crippen LogP contribution < -0.4 is 5.32 Å². The molecule has 3 heteroatoms. The van der Waals surface area contributed by atoms with Crippen LogP contribution >= 0.6 is 11.8 Å². The van der Waals surface area contributed by atoms with Crippen LogP contribution in [-0.2, 0) is 0 Å². The van der Waals surface area contributed by atoms with Crippen LogP contribution in [0.4, 0.5) is 0 Å². The van der Waals surface area contributed by atoms with E-state index in [1.165, 1.54) is 10.5 Å². The normalized spacial score (nSPS) is 14.4. The maximum Gasteiger partial charge on any atom is 0.0610 e. The highest BCUT2D eigenvalue weighted by Crippen LogP contribution is 2.22. The second kappa shape index (κ2) is 7.82. The number of nitrogens with one attached hydrogen (secondary N) is 1. The molecule has 0 amide bonds. The van der Waals surface area contributed by atoms with Crippen molar-refractivity contribution in [2.24, 2.45) is 0 Å². The molecule has 1 aromatic rings. The lowest BCUT2D eigenvalue weighted by Crippen LogP contribution is -2.46. The highest BCUT2D eigenvalue weighted by Gasteiger charge is 2.21. The van der Waals surface area contributed by atoms with Gasteiger partial charge in [-0.15, -0.1) is 11.8 Å². The minimum Gasteiger partial charge on any atom is -0.394 e. The molecule has 0 radical (unpaired) electrons. The fraction of sp³-hybridized carbons (Fsp3) is 0.600. The Labute approximate surface area is 115 Å². The summed E-state index contributed by atoms with van der Waals surface area (Å²) in [5, 5.41) is 12.9. The van der Waals surface area contributed by atoms with Gasteiger partial charge in [0.1, 0.15) is 0 Å². The zero-order valence-corrected chi connectivity index (χ0v) is 12.5. The van der Waals surface area contributed by atoms with Crippen LogP contribution in [-0.4, -0.2) is 29.5 Å². The van der Waals surface area contributed by atoms with Gasteiger partial charge in [-0.05, 0) is 51.1 Å². The predicted molar refractivity (Wildman–Crippen MR) is 80.3 cm³/mol. The van der Waals surface area contributed by atoms with Crippen LogP contribution in [0.5, 0.6) is 0 Å². The van der Waals surface area contributed by atoms with E-state index in [2.05, 4.69) is 50.4 Å². The first-order valence-electron chi connectivity index (χ1n) is 6.65. The molecule has 0 fully saturated rings. The molecule has 0 bridgehead atoms. The van der Waals surface area contributed by atoms with E-state index in [1.807, 2.05) is 11.8 Å². The molecule has 1 rings (SSSR count). The molecule has 18 heavy (non-hydrogen) atoms. The molecular formula is C15H25NOS. The lowest BCUT2D eigenvalue weighted by molar-refractivity contribution is 0.171. The van der Waals surface area contributed by atoms with Crippen LogP contribution in [0.2, 0.25) is 0 Å². The smallest absolute Gasteiger partial charge is 0.0610 e. The molecule has 0 aliphatic heterocycles. The molecule has 0 spiro atoms. The van der Waals surface area contributed by atoms with Gasteiger partial charge in [0, 0.05) is 10.4 Å². The van der Waals surface area contributed by atoms with Gasteiger partial charge in [-0.2, -0.15) is 0 Å². The van der Waals surface area contributed by atoms with Gasteiger partial charge in [-0.1, -0.05) is 24.6 Å². The first-order valence-corrected chi connectivity index (χ1v) is 7.63. The Morgan fingerprint density at radius 1 is 1.28 bits per heavy atom. The Kier molecular flexibility index (Phi) is 6.76. The summed E-state index contributed by atoms with van der Waals surface area (Å²) in [6, 6.07) is 8.61. The predicted octanol–water partition coefficient (Wildman–Crippen LogP) is 3.23. The molecule has 1 unspecified atom stereocenters. The van der Waals surface area contributed by atoms with Crippen LogP contribution in [0.3, 0.4) is 0 Å². The minimum atomic E-state index is -0.145. The number of hydrogen-bond donors (Lipinski definition) is 2. The monoisotopic (exact) mass is 267 g/mol. The number of rotatable bonds is 8. The van der Waals surface area contributed by atoms with E-state index in [-0.39, 0.29) is 12.1 Å². The maximum absolute atomic E-state index is 9.47. The first-order chi connectivity index (χ1) is 8.59. The van der Waals surface area contributed by atoms with Crippen molar-refractivity contribution in [3.63, 3.8) is 0 Å². The van der Waals surface area contributed by atoms with Gasteiger partial charge in [0.15, 0.2) is 0 Å². The fourth-order valence-electron chi connectivity index (χ4n) is 1.68.